The summed E-state index contributed by atoms with van der Waals surface area (Å²) in [6.07, 6.45) is -2.95. The molecule has 124 valence electrons. The van der Waals surface area contributed by atoms with Crippen LogP contribution in [0.1, 0.15) is 23.6 Å². The number of aryl methyl sites for hydroxylation is 1. The summed E-state index contributed by atoms with van der Waals surface area (Å²) >= 11 is 0. The highest BCUT2D eigenvalue weighted by Gasteiger charge is 2.32. The van der Waals surface area contributed by atoms with Gasteiger partial charge in [-0.05, 0) is 36.1 Å². The minimum absolute atomic E-state index is 0.0403. The van der Waals surface area contributed by atoms with E-state index in [1.807, 2.05) is 6.92 Å². The first kappa shape index (κ1) is 17.4. The molecule has 6 heteroatoms. The number of halogens is 5. The van der Waals surface area contributed by atoms with E-state index in [0.29, 0.717) is 0 Å². The van der Waals surface area contributed by atoms with E-state index in [-0.39, 0.29) is 17.5 Å². The Bertz CT molecular complexity index is 644. The van der Waals surface area contributed by atoms with Gasteiger partial charge >= 0.3 is 6.11 Å². The van der Waals surface area contributed by atoms with Crippen molar-refractivity contribution in [2.75, 3.05) is 6.61 Å². The molecule has 0 aliphatic rings. The van der Waals surface area contributed by atoms with Crippen molar-refractivity contribution in [2.24, 2.45) is 0 Å². The summed E-state index contributed by atoms with van der Waals surface area (Å²) in [4.78, 5) is 0. The SMILES string of the molecule is CCc1ccc(C(F)(F)OCCc2cc(F)c(F)c(F)c2)cc1. The second kappa shape index (κ2) is 7.08. The highest BCUT2D eigenvalue weighted by atomic mass is 19.3. The Kier molecular flexibility index (Phi) is 5.36. The van der Waals surface area contributed by atoms with Crippen molar-refractivity contribution >= 4 is 0 Å². The smallest absolute Gasteiger partial charge is 0.316 e. The number of alkyl halides is 2. The topological polar surface area (TPSA) is 9.23 Å². The number of hydrogen-bond donors (Lipinski definition) is 0. The third-order valence-electron chi connectivity index (χ3n) is 3.42. The fourth-order valence-corrected chi connectivity index (χ4v) is 2.07. The number of hydrogen-bond acceptors (Lipinski definition) is 1. The Labute approximate surface area is 130 Å². The monoisotopic (exact) mass is 330 g/mol. The van der Waals surface area contributed by atoms with Gasteiger partial charge in [-0.25, -0.2) is 13.2 Å². The van der Waals surface area contributed by atoms with E-state index in [0.717, 1.165) is 24.1 Å². The highest BCUT2D eigenvalue weighted by molar-refractivity contribution is 5.24. The van der Waals surface area contributed by atoms with E-state index < -0.39 is 30.2 Å². The molecule has 23 heavy (non-hydrogen) atoms. The van der Waals surface area contributed by atoms with E-state index in [1.165, 1.54) is 12.1 Å². The van der Waals surface area contributed by atoms with Crippen molar-refractivity contribution < 1.29 is 26.7 Å². The summed E-state index contributed by atoms with van der Waals surface area (Å²) in [7, 11) is 0. The minimum atomic E-state index is -3.51. The second-order valence-electron chi connectivity index (χ2n) is 5.04. The summed E-state index contributed by atoms with van der Waals surface area (Å²) in [5.74, 6) is -4.31. The average molecular weight is 330 g/mol. The quantitative estimate of drug-likeness (QED) is 0.536. The molecule has 0 amide bonds. The zero-order valence-corrected chi connectivity index (χ0v) is 12.4. The maximum atomic E-state index is 13.9. The van der Waals surface area contributed by atoms with Gasteiger partial charge in [0.15, 0.2) is 17.5 Å². The summed E-state index contributed by atoms with van der Waals surface area (Å²) in [6.45, 7) is 1.44. The lowest BCUT2D eigenvalue weighted by atomic mass is 10.1. The van der Waals surface area contributed by atoms with Gasteiger partial charge in [0.2, 0.25) is 0 Å². The Hall–Kier alpha value is -1.95. The van der Waals surface area contributed by atoms with Crippen molar-refractivity contribution in [1.82, 2.24) is 0 Å². The Morgan fingerprint density at radius 2 is 1.48 bits per heavy atom. The number of benzene rings is 2. The van der Waals surface area contributed by atoms with Gasteiger partial charge in [0.25, 0.3) is 0 Å². The molecule has 0 saturated heterocycles. The molecule has 1 nitrogen and oxygen atoms in total. The molecule has 0 N–H and O–H groups in total. The molecule has 0 fully saturated rings. The number of rotatable bonds is 6. The first-order chi connectivity index (χ1) is 10.8. The van der Waals surface area contributed by atoms with Crippen LogP contribution < -0.4 is 0 Å². The Morgan fingerprint density at radius 1 is 0.913 bits per heavy atom. The largest absolute Gasteiger partial charge is 0.383 e. The van der Waals surface area contributed by atoms with Crippen molar-refractivity contribution in [3.8, 4) is 0 Å². The van der Waals surface area contributed by atoms with E-state index >= 15 is 0 Å². The second-order valence-corrected chi connectivity index (χ2v) is 5.04. The fraction of sp³-hybridized carbons (Fsp3) is 0.294. The molecule has 2 aromatic rings. The predicted molar refractivity (Wildman–Crippen MR) is 75.7 cm³/mol. The third-order valence-corrected chi connectivity index (χ3v) is 3.42. The van der Waals surface area contributed by atoms with Gasteiger partial charge in [0.05, 0.1) is 12.2 Å². The standard InChI is InChI=1S/C17H15F5O/c1-2-11-3-5-13(6-4-11)17(21,22)23-8-7-12-9-14(18)16(20)15(19)10-12/h3-6,9-10H,2,7-8H2,1H3. The molecule has 2 rings (SSSR count). The van der Waals surface area contributed by atoms with E-state index in [2.05, 4.69) is 4.74 Å². The molecule has 0 aliphatic carbocycles. The van der Waals surface area contributed by atoms with Gasteiger partial charge in [0.1, 0.15) is 0 Å². The van der Waals surface area contributed by atoms with Crippen LogP contribution in [0, 0.1) is 17.5 Å². The molecule has 0 spiro atoms. The predicted octanol–water partition coefficient (Wildman–Crippen LogP) is 4.97. The molecule has 0 atom stereocenters. The molecular weight excluding hydrogens is 315 g/mol. The molecule has 0 unspecified atom stereocenters. The van der Waals surface area contributed by atoms with E-state index in [9.17, 15) is 22.0 Å². The van der Waals surface area contributed by atoms with Gasteiger partial charge in [-0.15, -0.1) is 0 Å². The van der Waals surface area contributed by atoms with Gasteiger partial charge in [0, 0.05) is 0 Å². The average Bonchev–Trinajstić information content (AvgIpc) is 2.52. The highest BCUT2D eigenvalue weighted by Crippen LogP contribution is 2.29. The van der Waals surface area contributed by atoms with Crippen LogP contribution in [0.5, 0.6) is 0 Å². The summed E-state index contributed by atoms with van der Waals surface area (Å²) < 4.78 is 71.2. The van der Waals surface area contributed by atoms with Crippen LogP contribution >= 0.6 is 0 Å². The van der Waals surface area contributed by atoms with Crippen molar-refractivity contribution in [2.45, 2.75) is 25.9 Å². The molecular formula is C17H15F5O. The van der Waals surface area contributed by atoms with Crippen molar-refractivity contribution in [3.63, 3.8) is 0 Å². The molecule has 0 aliphatic heterocycles. The van der Waals surface area contributed by atoms with Crippen LogP contribution in [0.25, 0.3) is 0 Å². The summed E-state index contributed by atoms with van der Waals surface area (Å²) in [5.41, 5.74) is 0.659. The lowest BCUT2D eigenvalue weighted by Gasteiger charge is -2.17. The van der Waals surface area contributed by atoms with Crippen LogP contribution in [0.2, 0.25) is 0 Å². The maximum Gasteiger partial charge on any atom is 0.383 e. The normalized spacial score (nSPS) is 11.7. The number of ether oxygens (including phenoxy) is 1. The lowest BCUT2D eigenvalue weighted by molar-refractivity contribution is -0.248. The molecule has 0 saturated carbocycles. The zero-order valence-electron chi connectivity index (χ0n) is 12.4. The van der Waals surface area contributed by atoms with Gasteiger partial charge in [-0.2, -0.15) is 8.78 Å². The molecule has 0 aromatic heterocycles. The summed E-state index contributed by atoms with van der Waals surface area (Å²) in [6, 6.07) is 7.23. The van der Waals surface area contributed by atoms with Crippen LogP contribution in [0.15, 0.2) is 36.4 Å². The molecule has 0 bridgehead atoms. The summed E-state index contributed by atoms with van der Waals surface area (Å²) in [5, 5.41) is 0. The van der Waals surface area contributed by atoms with Crippen LogP contribution in [-0.4, -0.2) is 6.61 Å². The van der Waals surface area contributed by atoms with Crippen LogP contribution in [0.4, 0.5) is 22.0 Å². The molecule has 2 aromatic carbocycles. The lowest BCUT2D eigenvalue weighted by Crippen LogP contribution is -2.20. The maximum absolute atomic E-state index is 13.9. The first-order valence-electron chi connectivity index (χ1n) is 7.08. The first-order valence-corrected chi connectivity index (χ1v) is 7.08. The van der Waals surface area contributed by atoms with Crippen molar-refractivity contribution in [3.05, 3.63) is 70.5 Å². The van der Waals surface area contributed by atoms with Gasteiger partial charge < -0.3 is 4.74 Å². The van der Waals surface area contributed by atoms with Crippen molar-refractivity contribution in [1.29, 1.82) is 0 Å². The fourth-order valence-electron chi connectivity index (χ4n) is 2.07. The minimum Gasteiger partial charge on any atom is -0.316 e. The van der Waals surface area contributed by atoms with Crippen LogP contribution in [-0.2, 0) is 23.7 Å². The van der Waals surface area contributed by atoms with E-state index in [4.69, 9.17) is 0 Å². The van der Waals surface area contributed by atoms with Gasteiger partial charge in [-0.1, -0.05) is 31.2 Å². The molecule has 0 radical (unpaired) electrons. The van der Waals surface area contributed by atoms with Gasteiger partial charge in [-0.3, -0.25) is 0 Å². The third kappa shape index (κ3) is 4.28. The Morgan fingerprint density at radius 3 is 2.00 bits per heavy atom. The van der Waals surface area contributed by atoms with Crippen LogP contribution in [0.3, 0.4) is 0 Å². The Balaban J connectivity index is 1.99. The van der Waals surface area contributed by atoms with E-state index in [1.54, 1.807) is 12.1 Å². The molecule has 0 heterocycles. The zero-order chi connectivity index (χ0) is 17.0.